The third-order valence-electron chi connectivity index (χ3n) is 3.88. The SMILES string of the molecule is Cc1ccc(C(=O)COC(=O)c2ccc(N3C(=O)C=CC3=O)cc2)cc1. The third-order valence-corrected chi connectivity index (χ3v) is 3.88. The number of esters is 1. The summed E-state index contributed by atoms with van der Waals surface area (Å²) < 4.78 is 5.03. The smallest absolute Gasteiger partial charge is 0.338 e. The van der Waals surface area contributed by atoms with Gasteiger partial charge in [-0.05, 0) is 31.2 Å². The molecule has 0 spiro atoms. The van der Waals surface area contributed by atoms with Gasteiger partial charge in [-0.15, -0.1) is 0 Å². The lowest BCUT2D eigenvalue weighted by molar-refractivity contribution is -0.119. The molecule has 2 aromatic rings. The van der Waals surface area contributed by atoms with Gasteiger partial charge in [0.25, 0.3) is 11.8 Å². The van der Waals surface area contributed by atoms with E-state index in [1.165, 1.54) is 36.4 Å². The summed E-state index contributed by atoms with van der Waals surface area (Å²) in [5.41, 5.74) is 2.08. The van der Waals surface area contributed by atoms with Gasteiger partial charge in [0.05, 0.1) is 11.3 Å². The molecule has 0 N–H and O–H groups in total. The largest absolute Gasteiger partial charge is 0.454 e. The van der Waals surface area contributed by atoms with Gasteiger partial charge in [0, 0.05) is 17.7 Å². The highest BCUT2D eigenvalue weighted by atomic mass is 16.5. The van der Waals surface area contributed by atoms with E-state index in [9.17, 15) is 19.2 Å². The highest BCUT2D eigenvalue weighted by Gasteiger charge is 2.25. The van der Waals surface area contributed by atoms with Crippen molar-refractivity contribution in [3.63, 3.8) is 0 Å². The van der Waals surface area contributed by atoms with Crippen molar-refractivity contribution in [1.29, 1.82) is 0 Å². The monoisotopic (exact) mass is 349 g/mol. The zero-order valence-corrected chi connectivity index (χ0v) is 14.0. The number of ketones is 1. The minimum absolute atomic E-state index is 0.220. The Morgan fingerprint density at radius 2 is 1.38 bits per heavy atom. The van der Waals surface area contributed by atoms with Crippen LogP contribution >= 0.6 is 0 Å². The molecular weight excluding hydrogens is 334 g/mol. The number of anilines is 1. The predicted molar refractivity (Wildman–Crippen MR) is 93.9 cm³/mol. The van der Waals surface area contributed by atoms with Crippen LogP contribution in [0, 0.1) is 6.92 Å². The molecule has 0 bridgehead atoms. The van der Waals surface area contributed by atoms with Crippen LogP contribution in [0.1, 0.15) is 26.3 Å². The molecule has 26 heavy (non-hydrogen) atoms. The van der Waals surface area contributed by atoms with Gasteiger partial charge in [-0.1, -0.05) is 29.8 Å². The van der Waals surface area contributed by atoms with E-state index in [4.69, 9.17) is 4.74 Å². The number of benzene rings is 2. The van der Waals surface area contributed by atoms with Crippen LogP contribution in [0.2, 0.25) is 0 Å². The second-order valence-electron chi connectivity index (χ2n) is 5.76. The molecular formula is C20H15NO5. The van der Waals surface area contributed by atoms with Gasteiger partial charge in [-0.3, -0.25) is 14.4 Å². The van der Waals surface area contributed by atoms with Gasteiger partial charge >= 0.3 is 5.97 Å². The molecule has 0 radical (unpaired) electrons. The van der Waals surface area contributed by atoms with E-state index in [2.05, 4.69) is 0 Å². The average molecular weight is 349 g/mol. The topological polar surface area (TPSA) is 80.8 Å². The van der Waals surface area contributed by atoms with Gasteiger partial charge in [-0.25, -0.2) is 9.69 Å². The van der Waals surface area contributed by atoms with Crippen LogP contribution in [0.25, 0.3) is 0 Å². The van der Waals surface area contributed by atoms with Crippen molar-refractivity contribution < 1.29 is 23.9 Å². The number of amides is 2. The maximum absolute atomic E-state index is 12.1. The Kier molecular flexibility index (Phi) is 4.75. The van der Waals surface area contributed by atoms with Crippen molar-refractivity contribution in [2.24, 2.45) is 0 Å². The fraction of sp³-hybridized carbons (Fsp3) is 0.100. The zero-order valence-electron chi connectivity index (χ0n) is 14.0. The maximum atomic E-state index is 12.1. The summed E-state index contributed by atoms with van der Waals surface area (Å²) in [4.78, 5) is 48.3. The summed E-state index contributed by atoms with van der Waals surface area (Å²) >= 11 is 0. The van der Waals surface area contributed by atoms with E-state index in [0.29, 0.717) is 11.3 Å². The van der Waals surface area contributed by atoms with Crippen LogP contribution in [0.5, 0.6) is 0 Å². The predicted octanol–water partition coefficient (Wildman–Crippen LogP) is 2.46. The van der Waals surface area contributed by atoms with Gasteiger partial charge in [0.15, 0.2) is 12.4 Å². The molecule has 0 saturated carbocycles. The number of carbonyl (C=O) groups is 4. The summed E-state index contributed by atoms with van der Waals surface area (Å²) in [6.45, 7) is 1.55. The molecule has 6 nitrogen and oxygen atoms in total. The summed E-state index contributed by atoms with van der Waals surface area (Å²) in [7, 11) is 0. The molecule has 0 aromatic heterocycles. The second kappa shape index (κ2) is 7.14. The molecule has 0 aliphatic carbocycles. The number of aryl methyl sites for hydroxylation is 1. The Bertz CT molecular complexity index is 892. The van der Waals surface area contributed by atoms with E-state index >= 15 is 0 Å². The highest BCUT2D eigenvalue weighted by Crippen LogP contribution is 2.19. The Morgan fingerprint density at radius 3 is 1.96 bits per heavy atom. The van der Waals surface area contributed by atoms with Crippen molar-refractivity contribution >= 4 is 29.3 Å². The zero-order chi connectivity index (χ0) is 18.7. The minimum atomic E-state index is -0.658. The number of hydrogen-bond donors (Lipinski definition) is 0. The lowest BCUT2D eigenvalue weighted by Crippen LogP contribution is -2.29. The first-order valence-corrected chi connectivity index (χ1v) is 7.89. The van der Waals surface area contributed by atoms with Crippen LogP contribution in [0.15, 0.2) is 60.7 Å². The summed E-state index contributed by atoms with van der Waals surface area (Å²) in [6, 6.07) is 12.8. The van der Waals surface area contributed by atoms with Crippen molar-refractivity contribution in [2.45, 2.75) is 6.92 Å². The molecule has 2 aromatic carbocycles. The first-order valence-electron chi connectivity index (χ1n) is 7.89. The molecule has 3 rings (SSSR count). The van der Waals surface area contributed by atoms with Crippen molar-refractivity contribution in [3.05, 3.63) is 77.4 Å². The number of imide groups is 1. The lowest BCUT2D eigenvalue weighted by Gasteiger charge is -2.13. The molecule has 0 unspecified atom stereocenters. The van der Waals surface area contributed by atoms with E-state index in [0.717, 1.165) is 10.5 Å². The van der Waals surface area contributed by atoms with Crippen LogP contribution in [-0.2, 0) is 14.3 Å². The maximum Gasteiger partial charge on any atom is 0.338 e. The van der Waals surface area contributed by atoms with Crippen LogP contribution < -0.4 is 4.90 Å². The molecule has 2 amide bonds. The number of carbonyl (C=O) groups excluding carboxylic acids is 4. The molecule has 1 heterocycles. The number of nitrogens with zero attached hydrogens (tertiary/aromatic N) is 1. The van der Waals surface area contributed by atoms with E-state index in [1.54, 1.807) is 12.1 Å². The van der Waals surface area contributed by atoms with Gasteiger partial charge in [0.1, 0.15) is 0 Å². The Morgan fingerprint density at radius 1 is 0.846 bits per heavy atom. The van der Waals surface area contributed by atoms with E-state index in [1.807, 2.05) is 19.1 Å². The number of rotatable bonds is 5. The van der Waals surface area contributed by atoms with Crippen LogP contribution in [0.4, 0.5) is 5.69 Å². The second-order valence-corrected chi connectivity index (χ2v) is 5.76. The Labute approximate surface area is 149 Å². The first kappa shape index (κ1) is 17.3. The fourth-order valence-electron chi connectivity index (χ4n) is 2.44. The van der Waals surface area contributed by atoms with Gasteiger partial charge in [0.2, 0.25) is 0 Å². The molecule has 1 aliphatic rings. The van der Waals surface area contributed by atoms with Crippen molar-refractivity contribution in [2.75, 3.05) is 11.5 Å². The molecule has 0 saturated heterocycles. The summed E-state index contributed by atoms with van der Waals surface area (Å²) in [5.74, 6) is -1.83. The van der Waals surface area contributed by atoms with E-state index in [-0.39, 0.29) is 18.0 Å². The Hall–Kier alpha value is -3.54. The quantitative estimate of drug-likeness (QED) is 0.471. The first-order chi connectivity index (χ1) is 12.5. The molecule has 1 aliphatic heterocycles. The molecule has 130 valence electrons. The minimum Gasteiger partial charge on any atom is -0.454 e. The van der Waals surface area contributed by atoms with Gasteiger partial charge in [-0.2, -0.15) is 0 Å². The van der Waals surface area contributed by atoms with Crippen molar-refractivity contribution in [3.8, 4) is 0 Å². The third kappa shape index (κ3) is 3.59. The molecule has 0 atom stereocenters. The van der Waals surface area contributed by atoms with Crippen LogP contribution in [-0.4, -0.2) is 30.2 Å². The molecule has 6 heteroatoms. The molecule has 0 fully saturated rings. The fourth-order valence-corrected chi connectivity index (χ4v) is 2.44. The van der Waals surface area contributed by atoms with Crippen molar-refractivity contribution in [1.82, 2.24) is 0 Å². The number of hydrogen-bond acceptors (Lipinski definition) is 5. The van der Waals surface area contributed by atoms with E-state index < -0.39 is 17.8 Å². The summed E-state index contributed by atoms with van der Waals surface area (Å²) in [5, 5.41) is 0. The summed E-state index contributed by atoms with van der Waals surface area (Å²) in [6.07, 6.45) is 2.36. The number of Topliss-reactive ketones (excluding diaryl/α,β-unsaturated/α-hetero) is 1. The highest BCUT2D eigenvalue weighted by molar-refractivity contribution is 6.28. The standard InChI is InChI=1S/C20H15NO5/c1-13-2-4-14(5-3-13)17(22)12-26-20(25)15-6-8-16(9-7-15)21-18(23)10-11-19(21)24/h2-11H,12H2,1H3. The number of ether oxygens (including phenoxy) is 1. The van der Waals surface area contributed by atoms with Gasteiger partial charge < -0.3 is 4.74 Å². The average Bonchev–Trinajstić information content (AvgIpc) is 2.98. The lowest BCUT2D eigenvalue weighted by atomic mass is 10.1. The normalized spacial score (nSPS) is 13.2. The Balaban J connectivity index is 1.61. The van der Waals surface area contributed by atoms with Crippen LogP contribution in [0.3, 0.4) is 0 Å².